The number of sulfonamides is 1. The number of hydrogen-bond donors (Lipinski definition) is 0. The van der Waals surface area contributed by atoms with Crippen molar-refractivity contribution in [1.29, 1.82) is 0 Å². The van der Waals surface area contributed by atoms with Gasteiger partial charge in [0.2, 0.25) is 10.0 Å². The number of nitrogens with zero attached hydrogens (tertiary/aromatic N) is 1. The summed E-state index contributed by atoms with van der Waals surface area (Å²) in [6.45, 7) is 0. The standard InChI is InChI=1S/C9H10F3NO3S/c1-13(2)17(14,15)8-5-3-4-7(6-8)16-9(10,11)12/h3-6H,1-2H3. The molecular formula is C9H10F3NO3S. The van der Waals surface area contributed by atoms with Gasteiger partial charge in [-0.3, -0.25) is 0 Å². The average Bonchev–Trinajstić information content (AvgIpc) is 2.15. The van der Waals surface area contributed by atoms with Gasteiger partial charge in [-0.25, -0.2) is 12.7 Å². The van der Waals surface area contributed by atoms with Crippen LogP contribution >= 0.6 is 0 Å². The average molecular weight is 269 g/mol. The van der Waals surface area contributed by atoms with Crippen molar-refractivity contribution in [2.24, 2.45) is 0 Å². The summed E-state index contributed by atoms with van der Waals surface area (Å²) >= 11 is 0. The van der Waals surface area contributed by atoms with Gasteiger partial charge in [-0.2, -0.15) is 0 Å². The molecule has 1 aromatic rings. The van der Waals surface area contributed by atoms with Gasteiger partial charge in [0.05, 0.1) is 4.90 Å². The van der Waals surface area contributed by atoms with Crippen LogP contribution in [0.2, 0.25) is 0 Å². The highest BCUT2D eigenvalue weighted by Crippen LogP contribution is 2.25. The van der Waals surface area contributed by atoms with E-state index in [9.17, 15) is 21.6 Å². The zero-order valence-electron chi connectivity index (χ0n) is 9.02. The lowest BCUT2D eigenvalue weighted by Gasteiger charge is -2.13. The van der Waals surface area contributed by atoms with Gasteiger partial charge in [0.15, 0.2) is 0 Å². The maximum Gasteiger partial charge on any atom is 0.573 e. The SMILES string of the molecule is CN(C)S(=O)(=O)c1cccc(OC(F)(F)F)c1. The Hall–Kier alpha value is -1.28. The minimum Gasteiger partial charge on any atom is -0.406 e. The molecule has 1 aromatic carbocycles. The van der Waals surface area contributed by atoms with Crippen LogP contribution in [0.4, 0.5) is 13.2 Å². The number of benzene rings is 1. The predicted molar refractivity (Wildman–Crippen MR) is 54.0 cm³/mol. The number of hydrogen-bond acceptors (Lipinski definition) is 3. The lowest BCUT2D eigenvalue weighted by molar-refractivity contribution is -0.274. The van der Waals surface area contributed by atoms with Gasteiger partial charge in [0.1, 0.15) is 5.75 Å². The molecule has 0 amide bonds. The Morgan fingerprint density at radius 3 is 2.29 bits per heavy atom. The highest BCUT2D eigenvalue weighted by atomic mass is 32.2. The van der Waals surface area contributed by atoms with E-state index >= 15 is 0 Å². The van der Waals surface area contributed by atoms with Gasteiger partial charge < -0.3 is 4.74 Å². The summed E-state index contributed by atoms with van der Waals surface area (Å²) in [5, 5.41) is 0. The molecule has 0 radical (unpaired) electrons. The van der Waals surface area contributed by atoms with Crippen LogP contribution in [0.1, 0.15) is 0 Å². The zero-order chi connectivity index (χ0) is 13.3. The molecule has 96 valence electrons. The molecule has 0 aromatic heterocycles. The van der Waals surface area contributed by atoms with E-state index in [1.165, 1.54) is 26.2 Å². The monoisotopic (exact) mass is 269 g/mol. The summed E-state index contributed by atoms with van der Waals surface area (Å²) < 4.78 is 63.7. The maximum absolute atomic E-state index is 11.9. The zero-order valence-corrected chi connectivity index (χ0v) is 9.84. The van der Waals surface area contributed by atoms with Gasteiger partial charge in [-0.15, -0.1) is 13.2 Å². The van der Waals surface area contributed by atoms with Crippen molar-refractivity contribution in [2.45, 2.75) is 11.3 Å². The molecule has 8 heteroatoms. The fourth-order valence-electron chi connectivity index (χ4n) is 1.04. The summed E-state index contributed by atoms with van der Waals surface area (Å²) in [6, 6.07) is 4.22. The number of halogens is 3. The second-order valence-corrected chi connectivity index (χ2v) is 5.46. The summed E-state index contributed by atoms with van der Waals surface area (Å²) in [5.41, 5.74) is 0. The highest BCUT2D eigenvalue weighted by molar-refractivity contribution is 7.89. The first kappa shape index (κ1) is 13.8. The third kappa shape index (κ3) is 3.60. The van der Waals surface area contributed by atoms with Crippen LogP contribution in [-0.2, 0) is 10.0 Å². The third-order valence-corrected chi connectivity index (χ3v) is 3.63. The molecule has 0 saturated heterocycles. The second-order valence-electron chi connectivity index (χ2n) is 3.31. The first-order valence-corrected chi connectivity index (χ1v) is 5.85. The van der Waals surface area contributed by atoms with Crippen molar-refractivity contribution in [3.63, 3.8) is 0 Å². The van der Waals surface area contributed by atoms with Gasteiger partial charge in [-0.1, -0.05) is 6.07 Å². The molecule has 0 unspecified atom stereocenters. The summed E-state index contributed by atoms with van der Waals surface area (Å²) in [5.74, 6) is -0.569. The number of alkyl halides is 3. The fourth-order valence-corrected chi connectivity index (χ4v) is 1.98. The molecule has 17 heavy (non-hydrogen) atoms. The Bertz CT molecular complexity index is 496. The fraction of sp³-hybridized carbons (Fsp3) is 0.333. The van der Waals surface area contributed by atoms with Crippen LogP contribution in [0.3, 0.4) is 0 Å². The molecule has 0 heterocycles. The van der Waals surface area contributed by atoms with Gasteiger partial charge in [-0.05, 0) is 12.1 Å². The summed E-state index contributed by atoms with van der Waals surface area (Å²) in [7, 11) is -1.20. The minimum absolute atomic E-state index is 0.260. The van der Waals surface area contributed by atoms with Crippen molar-refractivity contribution in [3.05, 3.63) is 24.3 Å². The molecule has 0 atom stereocenters. The van der Waals surface area contributed by atoms with Crippen molar-refractivity contribution in [2.75, 3.05) is 14.1 Å². The molecule has 4 nitrogen and oxygen atoms in total. The first-order chi connectivity index (χ1) is 7.63. The van der Waals surface area contributed by atoms with E-state index in [4.69, 9.17) is 0 Å². The van der Waals surface area contributed by atoms with Crippen molar-refractivity contribution in [3.8, 4) is 5.75 Å². The van der Waals surface area contributed by atoms with E-state index in [1.54, 1.807) is 0 Å². The minimum atomic E-state index is -4.85. The predicted octanol–water partition coefficient (Wildman–Crippen LogP) is 1.84. The Morgan fingerprint density at radius 1 is 1.24 bits per heavy atom. The topological polar surface area (TPSA) is 46.6 Å². The quantitative estimate of drug-likeness (QED) is 0.841. The Kier molecular flexibility index (Phi) is 3.68. The summed E-state index contributed by atoms with van der Waals surface area (Å²) in [4.78, 5) is -0.260. The maximum atomic E-state index is 11.9. The Labute approximate surface area is 96.7 Å². The molecular weight excluding hydrogens is 259 g/mol. The molecule has 0 bridgehead atoms. The van der Waals surface area contributed by atoms with Crippen LogP contribution in [-0.4, -0.2) is 33.2 Å². The molecule has 0 aliphatic rings. The largest absolute Gasteiger partial charge is 0.573 e. The van der Waals surface area contributed by atoms with Crippen molar-refractivity contribution >= 4 is 10.0 Å². The van der Waals surface area contributed by atoms with Crippen molar-refractivity contribution < 1.29 is 26.3 Å². The van der Waals surface area contributed by atoms with E-state index in [-0.39, 0.29) is 4.90 Å². The van der Waals surface area contributed by atoms with E-state index in [0.717, 1.165) is 16.4 Å². The van der Waals surface area contributed by atoms with Gasteiger partial charge in [0.25, 0.3) is 0 Å². The van der Waals surface area contributed by atoms with Gasteiger partial charge in [0, 0.05) is 20.2 Å². The number of ether oxygens (including phenoxy) is 1. The van der Waals surface area contributed by atoms with Crippen molar-refractivity contribution in [1.82, 2.24) is 4.31 Å². The highest BCUT2D eigenvalue weighted by Gasteiger charge is 2.31. The van der Waals surface area contributed by atoms with E-state index in [0.29, 0.717) is 0 Å². The smallest absolute Gasteiger partial charge is 0.406 e. The van der Waals surface area contributed by atoms with Crippen LogP contribution in [0.25, 0.3) is 0 Å². The van der Waals surface area contributed by atoms with Crippen LogP contribution in [0.5, 0.6) is 5.75 Å². The Balaban J connectivity index is 3.11. The lowest BCUT2D eigenvalue weighted by atomic mass is 10.3. The molecule has 0 spiro atoms. The van der Waals surface area contributed by atoms with E-state index in [1.807, 2.05) is 0 Å². The van der Waals surface area contributed by atoms with Gasteiger partial charge >= 0.3 is 6.36 Å². The van der Waals surface area contributed by atoms with Crippen LogP contribution in [0.15, 0.2) is 29.2 Å². The lowest BCUT2D eigenvalue weighted by Crippen LogP contribution is -2.22. The normalized spacial score (nSPS) is 12.8. The third-order valence-electron chi connectivity index (χ3n) is 1.82. The summed E-state index contributed by atoms with van der Waals surface area (Å²) in [6.07, 6.45) is -4.85. The van der Waals surface area contributed by atoms with E-state index in [2.05, 4.69) is 4.74 Å². The van der Waals surface area contributed by atoms with Crippen LogP contribution in [0, 0.1) is 0 Å². The first-order valence-electron chi connectivity index (χ1n) is 4.41. The molecule has 0 N–H and O–H groups in total. The van der Waals surface area contributed by atoms with Crippen LogP contribution < -0.4 is 4.74 Å². The van der Waals surface area contributed by atoms with E-state index < -0.39 is 22.1 Å². The molecule has 0 aliphatic carbocycles. The molecule has 1 rings (SSSR count). The molecule has 0 aliphatic heterocycles. The molecule has 0 fully saturated rings. The Morgan fingerprint density at radius 2 is 1.82 bits per heavy atom. The second kappa shape index (κ2) is 4.53. The molecule has 0 saturated carbocycles. The number of rotatable bonds is 3.